The monoisotopic (exact) mass is 349 g/mol. The zero-order chi connectivity index (χ0) is 18.3. The number of ether oxygens (including phenoxy) is 1. The maximum Gasteiger partial charge on any atom is 0.311 e. The molecule has 0 aliphatic heterocycles. The number of carbonyl (C=O) groups is 1. The molecule has 0 fully saturated rings. The summed E-state index contributed by atoms with van der Waals surface area (Å²) in [5.74, 6) is -0.308. The molecule has 1 heterocycles. The summed E-state index contributed by atoms with van der Waals surface area (Å²) in [6, 6.07) is 14.5. The Labute approximate surface area is 153 Å². The van der Waals surface area contributed by atoms with Crippen molar-refractivity contribution >= 4 is 16.9 Å². The molecule has 4 heteroatoms. The van der Waals surface area contributed by atoms with E-state index in [1.165, 1.54) is 5.56 Å². The number of hydrogen-bond donors (Lipinski definition) is 1. The van der Waals surface area contributed by atoms with Gasteiger partial charge in [0.25, 0.3) is 0 Å². The minimum Gasteiger partial charge on any atom is -0.496 e. The van der Waals surface area contributed by atoms with Gasteiger partial charge in [-0.15, -0.1) is 0 Å². The molecule has 2 aromatic carbocycles. The van der Waals surface area contributed by atoms with E-state index in [9.17, 15) is 9.90 Å². The third-order valence-corrected chi connectivity index (χ3v) is 5.47. The SMILES string of the molecule is COc1cc2c(cc1C)c1c(n2Cc2ccccc2)CCCC1C(=O)O. The third-order valence-electron chi connectivity index (χ3n) is 5.47. The number of aromatic nitrogens is 1. The second kappa shape index (κ2) is 6.52. The highest BCUT2D eigenvalue weighted by molar-refractivity contribution is 5.93. The molecular weight excluding hydrogens is 326 g/mol. The maximum absolute atomic E-state index is 11.9. The lowest BCUT2D eigenvalue weighted by molar-refractivity contribution is -0.139. The molecule has 1 aliphatic carbocycles. The molecule has 0 saturated carbocycles. The van der Waals surface area contributed by atoms with Crippen molar-refractivity contribution in [2.75, 3.05) is 7.11 Å². The van der Waals surface area contributed by atoms with Crippen molar-refractivity contribution in [1.82, 2.24) is 4.57 Å². The normalized spacial score (nSPS) is 16.5. The highest BCUT2D eigenvalue weighted by atomic mass is 16.5. The molecule has 3 aromatic rings. The van der Waals surface area contributed by atoms with Crippen LogP contribution in [0, 0.1) is 6.92 Å². The molecule has 1 aromatic heterocycles. The largest absolute Gasteiger partial charge is 0.496 e. The predicted molar refractivity (Wildman–Crippen MR) is 102 cm³/mol. The molecule has 1 N–H and O–H groups in total. The van der Waals surface area contributed by atoms with Gasteiger partial charge in [0.15, 0.2) is 0 Å². The second-order valence-electron chi connectivity index (χ2n) is 7.05. The van der Waals surface area contributed by atoms with E-state index in [0.29, 0.717) is 6.42 Å². The van der Waals surface area contributed by atoms with Gasteiger partial charge in [-0.25, -0.2) is 0 Å². The van der Waals surface area contributed by atoms with Crippen molar-refractivity contribution in [3.05, 3.63) is 64.8 Å². The number of hydrogen-bond acceptors (Lipinski definition) is 2. The van der Waals surface area contributed by atoms with E-state index in [-0.39, 0.29) is 0 Å². The number of nitrogens with zero attached hydrogens (tertiary/aromatic N) is 1. The highest BCUT2D eigenvalue weighted by Crippen LogP contribution is 2.41. The first-order valence-corrected chi connectivity index (χ1v) is 9.06. The quantitative estimate of drug-likeness (QED) is 0.754. The fourth-order valence-electron chi connectivity index (χ4n) is 4.25. The molecule has 1 aliphatic rings. The van der Waals surface area contributed by atoms with Gasteiger partial charge in [-0.3, -0.25) is 4.79 Å². The summed E-state index contributed by atoms with van der Waals surface area (Å²) in [5.41, 5.74) is 5.48. The van der Waals surface area contributed by atoms with E-state index in [0.717, 1.165) is 52.9 Å². The topological polar surface area (TPSA) is 51.5 Å². The smallest absolute Gasteiger partial charge is 0.311 e. The van der Waals surface area contributed by atoms with E-state index in [2.05, 4.69) is 28.8 Å². The Morgan fingerprint density at radius 1 is 1.27 bits per heavy atom. The fourth-order valence-corrected chi connectivity index (χ4v) is 4.25. The summed E-state index contributed by atoms with van der Waals surface area (Å²) in [4.78, 5) is 11.9. The number of rotatable bonds is 4. The van der Waals surface area contributed by atoms with Crippen molar-refractivity contribution in [3.63, 3.8) is 0 Å². The maximum atomic E-state index is 11.9. The van der Waals surface area contributed by atoms with E-state index in [1.54, 1.807) is 7.11 Å². The molecule has 0 spiro atoms. The van der Waals surface area contributed by atoms with Gasteiger partial charge in [0.2, 0.25) is 0 Å². The minimum absolute atomic E-state index is 0.425. The van der Waals surface area contributed by atoms with Crippen LogP contribution >= 0.6 is 0 Å². The van der Waals surface area contributed by atoms with Gasteiger partial charge in [-0.1, -0.05) is 30.3 Å². The van der Waals surface area contributed by atoms with Gasteiger partial charge in [0, 0.05) is 23.7 Å². The summed E-state index contributed by atoms with van der Waals surface area (Å²) in [5, 5.41) is 10.8. The summed E-state index contributed by atoms with van der Waals surface area (Å²) in [6.07, 6.45) is 2.53. The summed E-state index contributed by atoms with van der Waals surface area (Å²) in [6.45, 7) is 2.75. The van der Waals surface area contributed by atoms with E-state index >= 15 is 0 Å². The average Bonchev–Trinajstić information content (AvgIpc) is 2.95. The van der Waals surface area contributed by atoms with E-state index in [1.807, 2.05) is 25.1 Å². The second-order valence-corrected chi connectivity index (χ2v) is 7.05. The molecule has 4 nitrogen and oxygen atoms in total. The zero-order valence-electron chi connectivity index (χ0n) is 15.2. The van der Waals surface area contributed by atoms with E-state index in [4.69, 9.17) is 4.74 Å². The molecule has 4 rings (SSSR count). The first-order valence-electron chi connectivity index (χ1n) is 9.06. The molecule has 1 atom stereocenters. The Hall–Kier alpha value is -2.75. The summed E-state index contributed by atoms with van der Waals surface area (Å²) >= 11 is 0. The Kier molecular flexibility index (Phi) is 4.19. The molecule has 134 valence electrons. The Morgan fingerprint density at radius 3 is 2.73 bits per heavy atom. The zero-order valence-corrected chi connectivity index (χ0v) is 15.2. The number of aryl methyl sites for hydroxylation is 1. The first-order chi connectivity index (χ1) is 12.6. The van der Waals surface area contributed by atoms with Gasteiger partial charge < -0.3 is 14.4 Å². The first kappa shape index (κ1) is 16.7. The molecule has 0 radical (unpaired) electrons. The van der Waals surface area contributed by atoms with Crippen molar-refractivity contribution in [2.24, 2.45) is 0 Å². The lowest BCUT2D eigenvalue weighted by atomic mass is 9.85. The third kappa shape index (κ3) is 2.66. The van der Waals surface area contributed by atoms with Crippen molar-refractivity contribution in [1.29, 1.82) is 0 Å². The fraction of sp³-hybridized carbons (Fsp3) is 0.318. The minimum atomic E-state index is -0.724. The van der Waals surface area contributed by atoms with Crippen LogP contribution in [-0.4, -0.2) is 22.8 Å². The number of carboxylic acids is 1. The van der Waals surface area contributed by atoms with Gasteiger partial charge in [-0.05, 0) is 48.9 Å². The molecular formula is C22H23NO3. The predicted octanol–water partition coefficient (Wildman–Crippen LogP) is 4.51. The van der Waals surface area contributed by atoms with Crippen LogP contribution in [0.2, 0.25) is 0 Å². The average molecular weight is 349 g/mol. The van der Waals surface area contributed by atoms with Gasteiger partial charge in [0.1, 0.15) is 5.75 Å². The van der Waals surface area contributed by atoms with Crippen LogP contribution in [0.4, 0.5) is 0 Å². The number of methoxy groups -OCH3 is 1. The summed E-state index contributed by atoms with van der Waals surface area (Å²) in [7, 11) is 1.68. The van der Waals surface area contributed by atoms with Crippen LogP contribution in [0.1, 0.15) is 41.1 Å². The molecule has 1 unspecified atom stereocenters. The van der Waals surface area contributed by atoms with Crippen LogP contribution < -0.4 is 4.74 Å². The van der Waals surface area contributed by atoms with Crippen LogP contribution in [0.3, 0.4) is 0 Å². The van der Waals surface area contributed by atoms with Crippen molar-refractivity contribution in [2.45, 2.75) is 38.6 Å². The Morgan fingerprint density at radius 2 is 2.04 bits per heavy atom. The van der Waals surface area contributed by atoms with Crippen LogP contribution in [0.15, 0.2) is 42.5 Å². The molecule has 26 heavy (non-hydrogen) atoms. The van der Waals surface area contributed by atoms with Crippen molar-refractivity contribution < 1.29 is 14.6 Å². The lowest BCUT2D eigenvalue weighted by Crippen LogP contribution is -2.19. The number of carboxylic acid groups (broad SMARTS) is 1. The Bertz CT molecular complexity index is 972. The highest BCUT2D eigenvalue weighted by Gasteiger charge is 2.32. The van der Waals surface area contributed by atoms with Crippen LogP contribution in [0.25, 0.3) is 10.9 Å². The molecule has 0 bridgehead atoms. The van der Waals surface area contributed by atoms with Crippen LogP contribution in [0.5, 0.6) is 5.75 Å². The molecule has 0 amide bonds. The lowest BCUT2D eigenvalue weighted by Gasteiger charge is -2.21. The number of benzene rings is 2. The van der Waals surface area contributed by atoms with Gasteiger partial charge >= 0.3 is 5.97 Å². The van der Waals surface area contributed by atoms with Gasteiger partial charge in [0.05, 0.1) is 18.5 Å². The standard InChI is InChI=1S/C22H23NO3/c1-14-11-17-19(12-20(14)26-2)23(13-15-7-4-3-5-8-15)18-10-6-9-16(21(17)18)22(24)25/h3-5,7-8,11-12,16H,6,9-10,13H2,1-2H3,(H,24,25). The van der Waals surface area contributed by atoms with Crippen LogP contribution in [-0.2, 0) is 17.8 Å². The Balaban J connectivity index is 1.98. The van der Waals surface area contributed by atoms with E-state index < -0.39 is 11.9 Å². The van der Waals surface area contributed by atoms with Gasteiger partial charge in [-0.2, -0.15) is 0 Å². The summed E-state index contributed by atoms with van der Waals surface area (Å²) < 4.78 is 7.82. The number of aliphatic carboxylic acids is 1. The molecule has 0 saturated heterocycles. The number of fused-ring (bicyclic) bond motifs is 3. The van der Waals surface area contributed by atoms with Crippen molar-refractivity contribution in [3.8, 4) is 5.75 Å².